The fourth-order valence-electron chi connectivity index (χ4n) is 3.30. The van der Waals surface area contributed by atoms with Crippen LogP contribution in [0.25, 0.3) is 24.3 Å². The van der Waals surface area contributed by atoms with Crippen LogP contribution in [-0.4, -0.2) is 40.4 Å². The summed E-state index contributed by atoms with van der Waals surface area (Å²) in [5.74, 6) is 0.0454. The Hall–Kier alpha value is -2.13. The van der Waals surface area contributed by atoms with E-state index < -0.39 is 11.9 Å². The second kappa shape index (κ2) is 16.7. The molecule has 0 aromatic heterocycles. The molecular formula is C28H26I3O6-. The van der Waals surface area contributed by atoms with E-state index in [1.54, 1.807) is 24.3 Å². The van der Waals surface area contributed by atoms with E-state index >= 15 is 0 Å². The quantitative estimate of drug-likeness (QED) is 0.191. The van der Waals surface area contributed by atoms with Gasteiger partial charge in [-0.15, -0.1) is 0 Å². The molecule has 0 bridgehead atoms. The van der Waals surface area contributed by atoms with Gasteiger partial charge >= 0.3 is 62.4 Å². The molecule has 6 nitrogen and oxygen atoms in total. The van der Waals surface area contributed by atoms with Crippen LogP contribution < -0.4 is 22.7 Å². The minimum absolute atomic E-state index is 0.376. The summed E-state index contributed by atoms with van der Waals surface area (Å²) in [5, 5.41) is 0. The Morgan fingerprint density at radius 3 is 1.19 bits per heavy atom. The zero-order valence-electron chi connectivity index (χ0n) is 20.7. The summed E-state index contributed by atoms with van der Waals surface area (Å²) in [6, 6.07) is 18.7. The van der Waals surface area contributed by atoms with Crippen LogP contribution in [0.3, 0.4) is 0 Å². The number of rotatable bonds is 8. The van der Waals surface area contributed by atoms with Crippen molar-refractivity contribution in [1.82, 2.24) is 0 Å². The van der Waals surface area contributed by atoms with Crippen LogP contribution in [0.5, 0.6) is 11.5 Å². The van der Waals surface area contributed by atoms with Crippen LogP contribution >= 0.6 is 37.2 Å². The molecule has 37 heavy (non-hydrogen) atoms. The van der Waals surface area contributed by atoms with E-state index in [1.807, 2.05) is 60.7 Å². The van der Waals surface area contributed by atoms with Gasteiger partial charge in [-0.2, -0.15) is 0 Å². The molecule has 0 unspecified atom stereocenters. The molecule has 0 aliphatic carbocycles. The van der Waals surface area contributed by atoms with E-state index in [1.165, 1.54) is 28.4 Å². The van der Waals surface area contributed by atoms with Gasteiger partial charge in [-0.3, -0.25) is 0 Å². The fourth-order valence-corrected chi connectivity index (χ4v) is 3.30. The molecule has 0 atom stereocenters. The van der Waals surface area contributed by atoms with E-state index in [-0.39, 0.29) is 0 Å². The Bertz CT molecular complexity index is 1160. The number of benzene rings is 3. The molecule has 9 heteroatoms. The molecule has 3 rings (SSSR count). The van der Waals surface area contributed by atoms with Gasteiger partial charge in [0.1, 0.15) is 22.6 Å². The van der Waals surface area contributed by atoms with Crippen LogP contribution in [0.15, 0.2) is 60.7 Å². The summed E-state index contributed by atoms with van der Waals surface area (Å²) in [4.78, 5) is 23.9. The van der Waals surface area contributed by atoms with Gasteiger partial charge in [0.15, 0.2) is 0 Å². The van der Waals surface area contributed by atoms with Gasteiger partial charge in [-0.1, -0.05) is 60.7 Å². The number of methoxy groups -OCH3 is 4. The number of hydrogen-bond donors (Lipinski definition) is 0. The van der Waals surface area contributed by atoms with Gasteiger partial charge in [0.25, 0.3) is 0 Å². The zero-order valence-corrected chi connectivity index (χ0v) is 27.1. The molecule has 0 amide bonds. The van der Waals surface area contributed by atoms with Crippen LogP contribution in [0.4, 0.5) is 0 Å². The average molecular weight is 839 g/mol. The Balaban J connectivity index is 0.00000153. The van der Waals surface area contributed by atoms with Crippen LogP contribution in [0.2, 0.25) is 0 Å². The van der Waals surface area contributed by atoms with Crippen molar-refractivity contribution in [2.24, 2.45) is 0 Å². The van der Waals surface area contributed by atoms with Gasteiger partial charge in [0, 0.05) is 0 Å². The molecule has 0 saturated heterocycles. The summed E-state index contributed by atoms with van der Waals surface area (Å²) in [6.45, 7) is 0. The molecule has 0 heterocycles. The Morgan fingerprint density at radius 1 is 0.595 bits per heavy atom. The molecule has 196 valence electrons. The fraction of sp³-hybridized carbons (Fsp3) is 0.143. The summed E-state index contributed by atoms with van der Waals surface area (Å²) in [5.41, 5.74) is 4.47. The molecule has 0 N–H and O–H groups in total. The Labute approximate surface area is 247 Å². The van der Waals surface area contributed by atoms with Crippen molar-refractivity contribution in [3.63, 3.8) is 0 Å². The average Bonchev–Trinajstić information content (AvgIpc) is 2.94. The monoisotopic (exact) mass is 839 g/mol. The van der Waals surface area contributed by atoms with Crippen LogP contribution in [0, 0.1) is 0 Å². The molecule has 0 fully saturated rings. The van der Waals surface area contributed by atoms with Crippen molar-refractivity contribution in [2.75, 3.05) is 28.4 Å². The number of ether oxygens (including phenoxy) is 4. The van der Waals surface area contributed by atoms with E-state index in [2.05, 4.69) is 37.2 Å². The molecule has 0 saturated carbocycles. The molecule has 0 spiro atoms. The summed E-state index contributed by atoms with van der Waals surface area (Å²) >= 11 is 5.30. The van der Waals surface area contributed by atoms with Gasteiger partial charge in [-0.25, -0.2) is 9.59 Å². The van der Waals surface area contributed by atoms with Crippen molar-refractivity contribution >= 4 is 73.5 Å². The maximum absolute atomic E-state index is 12.0. The third kappa shape index (κ3) is 9.60. The first-order valence-corrected chi connectivity index (χ1v) is 23.3. The van der Waals surface area contributed by atoms with E-state index in [0.29, 0.717) is 35.9 Å². The first kappa shape index (κ1) is 31.1. The second-order valence-electron chi connectivity index (χ2n) is 7.29. The molecule has 0 radical (unpaired) electrons. The molecule has 3 aromatic carbocycles. The SMILES string of the molecule is COC(=O)c1cc(/C=C/c2ccc(/C=C/c3ccc(OC)c(C(=O)OC)c3)cc2)ccc1OC.I[I-]I. The molecule has 3 aromatic rings. The summed E-state index contributed by atoms with van der Waals surface area (Å²) in [7, 11) is 5.71. The third-order valence-corrected chi connectivity index (χ3v) is 5.13. The Morgan fingerprint density at radius 2 is 0.892 bits per heavy atom. The maximum atomic E-state index is 12.0. The van der Waals surface area contributed by atoms with Gasteiger partial charge < -0.3 is 18.9 Å². The van der Waals surface area contributed by atoms with E-state index in [0.717, 1.165) is 22.3 Å². The topological polar surface area (TPSA) is 71.1 Å². The van der Waals surface area contributed by atoms with Gasteiger partial charge in [-0.05, 0) is 46.5 Å². The van der Waals surface area contributed by atoms with Crippen molar-refractivity contribution in [3.05, 3.63) is 94.0 Å². The predicted octanol–water partition coefficient (Wildman–Crippen LogP) is 4.39. The van der Waals surface area contributed by atoms with Gasteiger partial charge in [0.05, 0.1) is 28.4 Å². The summed E-state index contributed by atoms with van der Waals surface area (Å²) < 4.78 is 20.1. The second-order valence-corrected chi connectivity index (χ2v) is 23.5. The van der Waals surface area contributed by atoms with Crippen molar-refractivity contribution in [3.8, 4) is 11.5 Å². The predicted molar refractivity (Wildman–Crippen MR) is 161 cm³/mol. The first-order chi connectivity index (χ1) is 17.9. The normalized spacial score (nSPS) is 10.6. The van der Waals surface area contributed by atoms with Crippen molar-refractivity contribution in [2.45, 2.75) is 0 Å². The number of hydrogen-bond acceptors (Lipinski definition) is 6. The van der Waals surface area contributed by atoms with E-state index in [4.69, 9.17) is 18.9 Å². The van der Waals surface area contributed by atoms with Crippen LogP contribution in [0.1, 0.15) is 43.0 Å². The van der Waals surface area contributed by atoms with Crippen molar-refractivity contribution in [1.29, 1.82) is 0 Å². The number of carbonyl (C=O) groups excluding carboxylic acids is 2. The standard InChI is InChI=1S/C28H26O6.I3/c1-31-25-15-13-21(17-23(25)27(29)33-3)11-9-19-5-7-20(8-6-19)10-12-22-14-16-26(32-2)24(18-22)28(30)34-4;1-3-2/h5-18H,1-4H3;/q;-1/b11-9+,12-10+;. The number of esters is 2. The minimum atomic E-state index is -0.446. The number of carbonyl (C=O) groups is 2. The summed E-state index contributed by atoms with van der Waals surface area (Å²) in [6.07, 6.45) is 7.76. The van der Waals surface area contributed by atoms with Crippen LogP contribution in [-0.2, 0) is 9.47 Å². The zero-order chi connectivity index (χ0) is 27.2. The van der Waals surface area contributed by atoms with E-state index in [9.17, 15) is 9.59 Å². The third-order valence-electron chi connectivity index (χ3n) is 5.13. The molecule has 0 aliphatic heterocycles. The van der Waals surface area contributed by atoms with Gasteiger partial charge in [0.2, 0.25) is 0 Å². The molecular weight excluding hydrogens is 813 g/mol. The first-order valence-electron chi connectivity index (χ1n) is 10.8. The number of halogens is 3. The molecule has 0 aliphatic rings. The van der Waals surface area contributed by atoms with Crippen molar-refractivity contribution < 1.29 is 41.8 Å². The Kier molecular flexibility index (Phi) is 14.0.